The number of hydrogen-bond acceptors (Lipinski definition) is 6. The Hall–Kier alpha value is -3.00. The Balaban J connectivity index is 1.30. The van der Waals surface area contributed by atoms with E-state index in [2.05, 4.69) is 33.2 Å². The summed E-state index contributed by atoms with van der Waals surface area (Å²) in [5.74, 6) is 0.565. The quantitative estimate of drug-likeness (QED) is 0.617. The summed E-state index contributed by atoms with van der Waals surface area (Å²) in [7, 11) is 0. The minimum atomic E-state index is -0.242. The first-order valence-electron chi connectivity index (χ1n) is 10.2. The Morgan fingerprint density at radius 1 is 1.10 bits per heavy atom. The van der Waals surface area contributed by atoms with Crippen LogP contribution >= 0.6 is 11.3 Å². The van der Waals surface area contributed by atoms with Crippen LogP contribution in [-0.4, -0.2) is 52.9 Å². The van der Waals surface area contributed by atoms with Crippen LogP contribution < -0.4 is 10.2 Å². The molecule has 3 heterocycles. The number of rotatable bonds is 6. The van der Waals surface area contributed by atoms with Gasteiger partial charge in [0.1, 0.15) is 23.4 Å². The Bertz CT molecular complexity index is 1030. The van der Waals surface area contributed by atoms with Crippen molar-refractivity contribution in [3.05, 3.63) is 53.2 Å². The first-order valence-corrected chi connectivity index (χ1v) is 11.0. The lowest BCUT2D eigenvalue weighted by molar-refractivity contribution is -0.136. The predicted octanol–water partition coefficient (Wildman–Crippen LogP) is 2.61. The highest BCUT2D eigenvalue weighted by Gasteiger charge is 2.24. The number of aromatic nitrogens is 2. The van der Waals surface area contributed by atoms with Gasteiger partial charge in [-0.2, -0.15) is 0 Å². The highest BCUT2D eigenvalue weighted by Crippen LogP contribution is 2.30. The lowest BCUT2D eigenvalue weighted by Gasteiger charge is -2.35. The van der Waals surface area contributed by atoms with Gasteiger partial charge in [0.2, 0.25) is 11.8 Å². The van der Waals surface area contributed by atoms with Crippen molar-refractivity contribution < 1.29 is 9.59 Å². The van der Waals surface area contributed by atoms with Gasteiger partial charge in [0, 0.05) is 37.6 Å². The highest BCUT2D eigenvalue weighted by atomic mass is 32.1. The minimum Gasteiger partial charge on any atom is -0.352 e. The van der Waals surface area contributed by atoms with Gasteiger partial charge in [-0.05, 0) is 18.1 Å². The summed E-state index contributed by atoms with van der Waals surface area (Å²) >= 11 is 1.70. The van der Waals surface area contributed by atoms with Crippen molar-refractivity contribution in [2.45, 2.75) is 26.3 Å². The topological polar surface area (TPSA) is 78.4 Å². The average molecular weight is 424 g/mol. The summed E-state index contributed by atoms with van der Waals surface area (Å²) < 4.78 is 0. The molecule has 1 aliphatic heterocycles. The molecule has 3 aromatic rings. The van der Waals surface area contributed by atoms with E-state index >= 15 is 0 Å². The zero-order valence-corrected chi connectivity index (χ0v) is 17.8. The number of thiophene rings is 1. The Morgan fingerprint density at radius 2 is 1.87 bits per heavy atom. The molecule has 0 atom stereocenters. The van der Waals surface area contributed by atoms with Crippen molar-refractivity contribution in [2.24, 2.45) is 0 Å². The molecule has 1 fully saturated rings. The molecule has 0 aliphatic carbocycles. The molecular weight excluding hydrogens is 398 g/mol. The molecule has 0 unspecified atom stereocenters. The van der Waals surface area contributed by atoms with Crippen molar-refractivity contribution in [1.29, 1.82) is 0 Å². The molecule has 0 bridgehead atoms. The number of carbonyl (C=O) groups excluding carboxylic acids is 2. The summed E-state index contributed by atoms with van der Waals surface area (Å²) in [6.45, 7) is 5.13. The lowest BCUT2D eigenvalue weighted by atomic mass is 10.2. The van der Waals surface area contributed by atoms with E-state index in [0.717, 1.165) is 28.0 Å². The van der Waals surface area contributed by atoms with E-state index in [0.29, 0.717) is 32.7 Å². The second kappa shape index (κ2) is 9.21. The number of hydrogen-bond donors (Lipinski definition) is 1. The first-order chi connectivity index (χ1) is 14.6. The van der Waals surface area contributed by atoms with Crippen molar-refractivity contribution in [2.75, 3.05) is 31.1 Å². The van der Waals surface area contributed by atoms with Gasteiger partial charge in [0.15, 0.2) is 0 Å². The highest BCUT2D eigenvalue weighted by molar-refractivity contribution is 7.18. The van der Waals surface area contributed by atoms with Gasteiger partial charge in [-0.1, -0.05) is 37.3 Å². The number of nitrogens with zero attached hydrogens (tertiary/aromatic N) is 4. The van der Waals surface area contributed by atoms with Crippen LogP contribution in [0.5, 0.6) is 0 Å². The summed E-state index contributed by atoms with van der Waals surface area (Å²) in [4.78, 5) is 39.9. The normalized spacial score (nSPS) is 14.2. The number of fused-ring (bicyclic) bond motifs is 1. The smallest absolute Gasteiger partial charge is 0.232 e. The molecule has 2 aromatic heterocycles. The molecule has 0 saturated carbocycles. The largest absolute Gasteiger partial charge is 0.352 e. The summed E-state index contributed by atoms with van der Waals surface area (Å²) in [6, 6.07) is 11.9. The van der Waals surface area contributed by atoms with Crippen molar-refractivity contribution in [3.63, 3.8) is 0 Å². The Morgan fingerprint density at radius 3 is 2.60 bits per heavy atom. The molecule has 1 aliphatic rings. The van der Waals surface area contributed by atoms with Crippen LogP contribution in [0.25, 0.3) is 10.2 Å². The van der Waals surface area contributed by atoms with Crippen LogP contribution in [-0.2, 0) is 22.6 Å². The van der Waals surface area contributed by atoms with Gasteiger partial charge >= 0.3 is 0 Å². The minimum absolute atomic E-state index is 0.116. The SMILES string of the molecule is CCc1cc2c(N3CCN(C(=O)CC(=O)NCc4ccccc4)CC3)ncnc2s1. The van der Waals surface area contributed by atoms with Gasteiger partial charge in [-0.15, -0.1) is 11.3 Å². The van der Waals surface area contributed by atoms with E-state index in [1.165, 1.54) is 4.88 Å². The maximum absolute atomic E-state index is 12.5. The average Bonchev–Trinajstić information content (AvgIpc) is 3.22. The Labute approximate surface area is 179 Å². The van der Waals surface area contributed by atoms with Gasteiger partial charge in [-0.3, -0.25) is 9.59 Å². The van der Waals surface area contributed by atoms with Crippen LogP contribution in [0.15, 0.2) is 42.7 Å². The number of amides is 2. The monoisotopic (exact) mass is 423 g/mol. The van der Waals surface area contributed by atoms with E-state index in [1.54, 1.807) is 22.6 Å². The molecule has 7 nitrogen and oxygen atoms in total. The number of benzene rings is 1. The summed E-state index contributed by atoms with van der Waals surface area (Å²) in [5.41, 5.74) is 1.02. The molecule has 156 valence electrons. The zero-order chi connectivity index (χ0) is 20.9. The van der Waals surface area contributed by atoms with Gasteiger partial charge in [0.25, 0.3) is 0 Å². The third-order valence-corrected chi connectivity index (χ3v) is 6.47. The van der Waals surface area contributed by atoms with Crippen LogP contribution in [0.4, 0.5) is 5.82 Å². The van der Waals surface area contributed by atoms with Crippen molar-refractivity contribution in [1.82, 2.24) is 20.2 Å². The summed E-state index contributed by atoms with van der Waals surface area (Å²) in [5, 5.41) is 3.90. The lowest BCUT2D eigenvalue weighted by Crippen LogP contribution is -2.49. The van der Waals surface area contributed by atoms with Gasteiger partial charge in [-0.25, -0.2) is 9.97 Å². The fraction of sp³-hybridized carbons (Fsp3) is 0.364. The molecule has 4 rings (SSSR count). The van der Waals surface area contributed by atoms with Crippen LogP contribution in [0, 0.1) is 0 Å². The van der Waals surface area contributed by atoms with Gasteiger partial charge in [0.05, 0.1) is 5.39 Å². The van der Waals surface area contributed by atoms with E-state index in [-0.39, 0.29) is 18.2 Å². The molecule has 1 aromatic carbocycles. The molecule has 1 saturated heterocycles. The third-order valence-electron chi connectivity index (χ3n) is 5.28. The van der Waals surface area contributed by atoms with Crippen molar-refractivity contribution in [3.8, 4) is 0 Å². The maximum Gasteiger partial charge on any atom is 0.232 e. The maximum atomic E-state index is 12.5. The molecular formula is C22H25N5O2S. The van der Waals surface area contributed by atoms with E-state index < -0.39 is 0 Å². The van der Waals surface area contributed by atoms with Crippen LogP contribution in [0.2, 0.25) is 0 Å². The number of carbonyl (C=O) groups is 2. The molecule has 8 heteroatoms. The molecule has 30 heavy (non-hydrogen) atoms. The predicted molar refractivity (Wildman–Crippen MR) is 118 cm³/mol. The molecule has 0 spiro atoms. The number of anilines is 1. The van der Waals surface area contributed by atoms with E-state index in [4.69, 9.17) is 0 Å². The standard InChI is InChI=1S/C22H25N5O2S/c1-2-17-12-18-21(24-15-25-22(18)30-17)27-10-8-26(9-11-27)20(29)13-19(28)23-14-16-6-4-3-5-7-16/h3-7,12,15H,2,8-11,13-14H2,1H3,(H,23,28). The summed E-state index contributed by atoms with van der Waals surface area (Å²) in [6.07, 6.45) is 2.48. The van der Waals surface area contributed by atoms with E-state index in [1.807, 2.05) is 30.3 Å². The first kappa shape index (κ1) is 20.3. The fourth-order valence-electron chi connectivity index (χ4n) is 3.60. The number of nitrogens with one attached hydrogen (secondary N) is 1. The second-order valence-electron chi connectivity index (χ2n) is 7.29. The van der Waals surface area contributed by atoms with Crippen LogP contribution in [0.3, 0.4) is 0 Å². The van der Waals surface area contributed by atoms with Gasteiger partial charge < -0.3 is 15.1 Å². The molecule has 2 amide bonds. The third kappa shape index (κ3) is 4.59. The molecule has 0 radical (unpaired) electrons. The van der Waals surface area contributed by atoms with Crippen LogP contribution in [0.1, 0.15) is 23.8 Å². The van der Waals surface area contributed by atoms with E-state index in [9.17, 15) is 9.59 Å². The number of aryl methyl sites for hydroxylation is 1. The van der Waals surface area contributed by atoms with Crippen molar-refractivity contribution >= 4 is 39.2 Å². The zero-order valence-electron chi connectivity index (χ0n) is 17.0. The fourth-order valence-corrected chi connectivity index (χ4v) is 4.52. The number of piperazine rings is 1. The molecule has 1 N–H and O–H groups in total. The Kier molecular flexibility index (Phi) is 6.23. The second-order valence-corrected chi connectivity index (χ2v) is 8.40.